The first kappa shape index (κ1) is 11.9. The van der Waals surface area contributed by atoms with Gasteiger partial charge in [0, 0.05) is 18.7 Å². The summed E-state index contributed by atoms with van der Waals surface area (Å²) in [5.41, 5.74) is 0.601. The molecule has 2 rings (SSSR count). The van der Waals surface area contributed by atoms with Gasteiger partial charge in [0.15, 0.2) is 0 Å². The fourth-order valence-electron chi connectivity index (χ4n) is 2.13. The molecule has 1 N–H and O–H groups in total. The molecular weight excluding hydrogens is 218 g/mol. The van der Waals surface area contributed by atoms with E-state index in [0.29, 0.717) is 18.7 Å². The van der Waals surface area contributed by atoms with Crippen molar-refractivity contribution in [2.75, 3.05) is 13.1 Å². The smallest absolute Gasteiger partial charge is 0.254 e. The second-order valence-corrected chi connectivity index (χ2v) is 4.51. The van der Waals surface area contributed by atoms with Crippen LogP contribution in [0.4, 0.5) is 0 Å². The molecule has 1 amide bonds. The van der Waals surface area contributed by atoms with E-state index in [4.69, 9.17) is 4.74 Å². The molecule has 2 atom stereocenters. The van der Waals surface area contributed by atoms with Gasteiger partial charge in [-0.2, -0.15) is 0 Å². The molecule has 0 aliphatic carbocycles. The first-order chi connectivity index (χ1) is 8.06. The lowest BCUT2D eigenvalue weighted by Crippen LogP contribution is -2.48. The number of hydrogen-bond donors (Lipinski definition) is 1. The standard InChI is InChI=1S/C13H17NO3/c1-9-7-14(8-10(2)17-9)13(16)11-3-5-12(15)6-4-11/h3-6,9-10,15H,7-8H2,1-2H3/t9-,10+. The van der Waals surface area contributed by atoms with Gasteiger partial charge in [-0.3, -0.25) is 4.79 Å². The van der Waals surface area contributed by atoms with E-state index in [1.54, 1.807) is 17.0 Å². The maximum Gasteiger partial charge on any atom is 0.254 e. The normalized spacial score (nSPS) is 24.7. The van der Waals surface area contributed by atoms with E-state index in [-0.39, 0.29) is 23.9 Å². The maximum absolute atomic E-state index is 12.2. The number of aromatic hydroxyl groups is 1. The van der Waals surface area contributed by atoms with Crippen LogP contribution in [0.25, 0.3) is 0 Å². The van der Waals surface area contributed by atoms with Crippen molar-refractivity contribution < 1.29 is 14.6 Å². The van der Waals surface area contributed by atoms with Crippen molar-refractivity contribution in [1.82, 2.24) is 4.90 Å². The van der Waals surface area contributed by atoms with Crippen LogP contribution in [-0.2, 0) is 4.74 Å². The molecule has 1 aromatic carbocycles. The highest BCUT2D eigenvalue weighted by Gasteiger charge is 2.26. The van der Waals surface area contributed by atoms with Crippen molar-refractivity contribution in [1.29, 1.82) is 0 Å². The molecule has 1 saturated heterocycles. The highest BCUT2D eigenvalue weighted by atomic mass is 16.5. The van der Waals surface area contributed by atoms with Crippen LogP contribution in [0.5, 0.6) is 5.75 Å². The maximum atomic E-state index is 12.2. The molecule has 0 bridgehead atoms. The molecule has 0 radical (unpaired) electrons. The number of benzene rings is 1. The lowest BCUT2D eigenvalue weighted by molar-refractivity contribution is -0.0586. The molecule has 0 saturated carbocycles. The number of morpholine rings is 1. The van der Waals surface area contributed by atoms with Crippen molar-refractivity contribution in [3.8, 4) is 5.75 Å². The minimum atomic E-state index is -0.00741. The monoisotopic (exact) mass is 235 g/mol. The van der Waals surface area contributed by atoms with E-state index in [1.165, 1.54) is 12.1 Å². The highest BCUT2D eigenvalue weighted by molar-refractivity contribution is 5.94. The summed E-state index contributed by atoms with van der Waals surface area (Å²) in [4.78, 5) is 14.0. The topological polar surface area (TPSA) is 49.8 Å². The Balaban J connectivity index is 2.11. The van der Waals surface area contributed by atoms with Crippen LogP contribution in [0, 0.1) is 0 Å². The van der Waals surface area contributed by atoms with E-state index in [0.717, 1.165) is 0 Å². The average molecular weight is 235 g/mol. The van der Waals surface area contributed by atoms with E-state index >= 15 is 0 Å². The number of rotatable bonds is 1. The molecule has 1 fully saturated rings. The Bertz CT molecular complexity index is 392. The second-order valence-electron chi connectivity index (χ2n) is 4.51. The summed E-state index contributed by atoms with van der Waals surface area (Å²) in [5, 5.41) is 9.19. The van der Waals surface area contributed by atoms with Crippen LogP contribution in [0.1, 0.15) is 24.2 Å². The highest BCUT2D eigenvalue weighted by Crippen LogP contribution is 2.16. The van der Waals surface area contributed by atoms with Crippen LogP contribution in [0.3, 0.4) is 0 Å². The molecule has 92 valence electrons. The largest absolute Gasteiger partial charge is 0.508 e. The van der Waals surface area contributed by atoms with Crippen LogP contribution >= 0.6 is 0 Å². The summed E-state index contributed by atoms with van der Waals surface area (Å²) in [6, 6.07) is 6.34. The first-order valence-electron chi connectivity index (χ1n) is 5.80. The predicted molar refractivity (Wildman–Crippen MR) is 64.0 cm³/mol. The number of nitrogens with zero attached hydrogens (tertiary/aromatic N) is 1. The molecule has 4 heteroatoms. The van der Waals surface area contributed by atoms with Crippen LogP contribution in [0.2, 0.25) is 0 Å². The first-order valence-corrected chi connectivity index (χ1v) is 5.80. The Morgan fingerprint density at radius 3 is 2.29 bits per heavy atom. The lowest BCUT2D eigenvalue weighted by Gasteiger charge is -2.35. The SMILES string of the molecule is C[C@@H]1CN(C(=O)c2ccc(O)cc2)C[C@H](C)O1. The quantitative estimate of drug-likeness (QED) is 0.805. The zero-order chi connectivity index (χ0) is 12.4. The Kier molecular flexibility index (Phi) is 3.33. The van der Waals surface area contributed by atoms with Crippen LogP contribution < -0.4 is 0 Å². The van der Waals surface area contributed by atoms with Crippen LogP contribution in [0.15, 0.2) is 24.3 Å². The number of phenols is 1. The third-order valence-corrected chi connectivity index (χ3v) is 2.82. The summed E-state index contributed by atoms with van der Waals surface area (Å²) in [6.45, 7) is 5.16. The molecule has 1 aliphatic rings. The molecule has 1 heterocycles. The third kappa shape index (κ3) is 2.77. The van der Waals surface area contributed by atoms with Gasteiger partial charge in [0.25, 0.3) is 5.91 Å². The second kappa shape index (κ2) is 4.75. The van der Waals surface area contributed by atoms with Gasteiger partial charge in [-0.05, 0) is 38.1 Å². The number of ether oxygens (including phenoxy) is 1. The van der Waals surface area contributed by atoms with Crippen molar-refractivity contribution in [3.05, 3.63) is 29.8 Å². The van der Waals surface area contributed by atoms with E-state index < -0.39 is 0 Å². The predicted octanol–water partition coefficient (Wildman–Crippen LogP) is 1.64. The number of carbonyl (C=O) groups is 1. The Hall–Kier alpha value is -1.55. The van der Waals surface area contributed by atoms with E-state index in [2.05, 4.69) is 0 Å². The number of carbonyl (C=O) groups excluding carboxylic acids is 1. The molecule has 1 aliphatic heterocycles. The van der Waals surface area contributed by atoms with Crippen molar-refractivity contribution in [3.63, 3.8) is 0 Å². The summed E-state index contributed by atoms with van der Waals surface area (Å²) < 4.78 is 5.59. The third-order valence-electron chi connectivity index (χ3n) is 2.82. The molecule has 0 aromatic heterocycles. The summed E-state index contributed by atoms with van der Waals surface area (Å²) in [7, 11) is 0. The molecule has 0 spiro atoms. The van der Waals surface area contributed by atoms with Gasteiger partial charge in [-0.15, -0.1) is 0 Å². The Labute approximate surface area is 101 Å². The average Bonchev–Trinajstić information content (AvgIpc) is 2.28. The van der Waals surface area contributed by atoms with Gasteiger partial charge in [-0.1, -0.05) is 0 Å². The minimum absolute atomic E-state index is 0.00741. The van der Waals surface area contributed by atoms with Gasteiger partial charge in [0.05, 0.1) is 12.2 Å². The molecule has 1 aromatic rings. The summed E-state index contributed by atoms with van der Waals surface area (Å²) in [6.07, 6.45) is 0.139. The van der Waals surface area contributed by atoms with Crippen molar-refractivity contribution in [2.24, 2.45) is 0 Å². The number of hydrogen-bond acceptors (Lipinski definition) is 3. The fourth-order valence-corrected chi connectivity index (χ4v) is 2.13. The summed E-state index contributed by atoms with van der Waals surface area (Å²) in [5.74, 6) is 0.164. The van der Waals surface area contributed by atoms with Gasteiger partial charge in [0.2, 0.25) is 0 Å². The molecular formula is C13H17NO3. The molecule has 17 heavy (non-hydrogen) atoms. The zero-order valence-corrected chi connectivity index (χ0v) is 10.1. The fraction of sp³-hybridized carbons (Fsp3) is 0.462. The molecule has 4 nitrogen and oxygen atoms in total. The number of phenolic OH excluding ortho intramolecular Hbond substituents is 1. The van der Waals surface area contributed by atoms with Gasteiger partial charge in [-0.25, -0.2) is 0 Å². The van der Waals surface area contributed by atoms with Gasteiger partial charge in [0.1, 0.15) is 5.75 Å². The zero-order valence-electron chi connectivity index (χ0n) is 10.1. The molecule has 0 unspecified atom stereocenters. The Morgan fingerprint density at radius 1 is 1.24 bits per heavy atom. The van der Waals surface area contributed by atoms with Gasteiger partial charge < -0.3 is 14.7 Å². The van der Waals surface area contributed by atoms with Crippen LogP contribution in [-0.4, -0.2) is 41.2 Å². The van der Waals surface area contributed by atoms with E-state index in [1.807, 2.05) is 13.8 Å². The van der Waals surface area contributed by atoms with Gasteiger partial charge >= 0.3 is 0 Å². The minimum Gasteiger partial charge on any atom is -0.508 e. The summed E-state index contributed by atoms with van der Waals surface area (Å²) >= 11 is 0. The Morgan fingerprint density at radius 2 is 1.76 bits per heavy atom. The van der Waals surface area contributed by atoms with Crippen molar-refractivity contribution in [2.45, 2.75) is 26.1 Å². The van der Waals surface area contributed by atoms with E-state index in [9.17, 15) is 9.90 Å². The number of amides is 1. The van der Waals surface area contributed by atoms with Crippen molar-refractivity contribution >= 4 is 5.91 Å². The lowest BCUT2D eigenvalue weighted by atomic mass is 10.1.